The molecule has 9 nitrogen and oxygen atoms in total. The van der Waals surface area contributed by atoms with E-state index in [2.05, 4.69) is 15.4 Å². The van der Waals surface area contributed by atoms with Crippen molar-refractivity contribution in [2.45, 2.75) is 20.0 Å². The molecular weight excluding hydrogens is 405 g/mol. The van der Waals surface area contributed by atoms with Gasteiger partial charge in [0.15, 0.2) is 24.7 Å². The molecule has 0 spiro atoms. The van der Waals surface area contributed by atoms with Gasteiger partial charge in [-0.1, -0.05) is 35.9 Å². The number of esters is 1. The van der Waals surface area contributed by atoms with Crippen molar-refractivity contribution in [3.63, 3.8) is 0 Å². The second-order valence-electron chi connectivity index (χ2n) is 6.89. The number of methoxy groups -OCH3 is 1. The molecule has 0 fully saturated rings. The van der Waals surface area contributed by atoms with Gasteiger partial charge in [-0.15, -0.1) is 10.2 Å². The highest BCUT2D eigenvalue weighted by molar-refractivity contribution is 5.80. The van der Waals surface area contributed by atoms with Crippen molar-refractivity contribution in [2.75, 3.05) is 20.8 Å². The minimum Gasteiger partial charge on any atom is -0.494 e. The number of ether oxygens (including phenoxy) is 2. The van der Waals surface area contributed by atoms with Crippen LogP contribution in [-0.4, -0.2) is 57.7 Å². The van der Waals surface area contributed by atoms with Crippen LogP contribution in [0, 0.1) is 12.7 Å². The Morgan fingerprint density at radius 2 is 1.90 bits per heavy atom. The highest BCUT2D eigenvalue weighted by atomic mass is 19.1. The van der Waals surface area contributed by atoms with E-state index in [1.807, 2.05) is 31.2 Å². The summed E-state index contributed by atoms with van der Waals surface area (Å²) in [4.78, 5) is 26.7. The fourth-order valence-corrected chi connectivity index (χ4v) is 2.71. The maximum Gasteiger partial charge on any atom is 0.330 e. The number of carbonyl (C=O) groups is 2. The molecule has 10 heteroatoms. The predicted molar refractivity (Wildman–Crippen MR) is 108 cm³/mol. The summed E-state index contributed by atoms with van der Waals surface area (Å²) in [7, 11) is 2.91. The lowest BCUT2D eigenvalue weighted by Gasteiger charge is -2.17. The summed E-state index contributed by atoms with van der Waals surface area (Å²) < 4.78 is 23.6. The molecule has 0 saturated carbocycles. The molecule has 0 aliphatic carbocycles. The largest absolute Gasteiger partial charge is 0.494 e. The average molecular weight is 427 g/mol. The van der Waals surface area contributed by atoms with Gasteiger partial charge in [0.05, 0.1) is 7.11 Å². The Hall–Kier alpha value is -3.82. The van der Waals surface area contributed by atoms with E-state index in [4.69, 9.17) is 9.47 Å². The molecule has 0 unspecified atom stereocenters. The van der Waals surface area contributed by atoms with Crippen LogP contribution in [0.4, 0.5) is 4.39 Å². The molecule has 1 heterocycles. The van der Waals surface area contributed by atoms with Gasteiger partial charge in [0, 0.05) is 19.2 Å². The number of hydrogen-bond acceptors (Lipinski definition) is 7. The lowest BCUT2D eigenvalue weighted by molar-refractivity contribution is -0.152. The fourth-order valence-electron chi connectivity index (χ4n) is 2.71. The summed E-state index contributed by atoms with van der Waals surface area (Å²) >= 11 is 0. The summed E-state index contributed by atoms with van der Waals surface area (Å²) in [6.45, 7) is 1.40. The molecule has 0 radical (unpaired) electrons. The normalized spacial score (nSPS) is 10.6. The highest BCUT2D eigenvalue weighted by Crippen LogP contribution is 2.18. The Kier molecular flexibility index (Phi) is 6.91. The third kappa shape index (κ3) is 5.84. The zero-order chi connectivity index (χ0) is 22.4. The second kappa shape index (κ2) is 9.79. The molecule has 162 valence electrons. The topological polar surface area (TPSA) is 99.4 Å². The van der Waals surface area contributed by atoms with Gasteiger partial charge in [-0.05, 0) is 29.8 Å². The first kappa shape index (κ1) is 21.9. The minimum atomic E-state index is -0.676. The molecule has 0 saturated heterocycles. The SMILES string of the molecule is COc1ccc(CN(C)C(=O)COC(=O)Cn2nnc(-c3ccc(C)cc3)n2)cc1F. The Morgan fingerprint density at radius 1 is 1.16 bits per heavy atom. The number of halogens is 1. The molecule has 31 heavy (non-hydrogen) atoms. The Morgan fingerprint density at radius 3 is 2.58 bits per heavy atom. The van der Waals surface area contributed by atoms with E-state index in [-0.39, 0.29) is 18.8 Å². The van der Waals surface area contributed by atoms with Crippen molar-refractivity contribution < 1.29 is 23.5 Å². The van der Waals surface area contributed by atoms with Gasteiger partial charge in [0.25, 0.3) is 5.91 Å². The standard InChI is InChI=1S/C21H22FN5O4/c1-14-4-7-16(8-5-14)21-23-25-27(24-21)12-20(29)31-13-19(28)26(2)11-15-6-9-18(30-3)17(22)10-15/h4-10H,11-13H2,1-3H3. The van der Waals surface area contributed by atoms with E-state index >= 15 is 0 Å². The van der Waals surface area contributed by atoms with Crippen molar-refractivity contribution in [2.24, 2.45) is 0 Å². The zero-order valence-electron chi connectivity index (χ0n) is 17.4. The first-order valence-corrected chi connectivity index (χ1v) is 9.42. The first-order valence-electron chi connectivity index (χ1n) is 9.42. The molecule has 0 aliphatic heterocycles. The van der Waals surface area contributed by atoms with Crippen molar-refractivity contribution >= 4 is 11.9 Å². The van der Waals surface area contributed by atoms with E-state index in [9.17, 15) is 14.0 Å². The quantitative estimate of drug-likeness (QED) is 0.507. The highest BCUT2D eigenvalue weighted by Gasteiger charge is 2.15. The Labute approximate surface area is 178 Å². The maximum atomic E-state index is 13.8. The summed E-state index contributed by atoms with van der Waals surface area (Å²) in [6.07, 6.45) is 0. The molecule has 1 amide bonds. The summed E-state index contributed by atoms with van der Waals surface area (Å²) in [6, 6.07) is 12.0. The van der Waals surface area contributed by atoms with Gasteiger partial charge in [-0.3, -0.25) is 4.79 Å². The number of carbonyl (C=O) groups excluding carboxylic acids is 2. The number of benzene rings is 2. The van der Waals surface area contributed by atoms with E-state index in [0.717, 1.165) is 15.9 Å². The maximum absolute atomic E-state index is 13.8. The lowest BCUT2D eigenvalue weighted by Crippen LogP contribution is -2.31. The molecule has 1 aromatic heterocycles. The fraction of sp³-hybridized carbons (Fsp3) is 0.286. The van der Waals surface area contributed by atoms with Crippen LogP contribution in [0.15, 0.2) is 42.5 Å². The molecular formula is C21H22FN5O4. The number of tetrazole rings is 1. The molecule has 0 bridgehead atoms. The van der Waals surface area contributed by atoms with E-state index < -0.39 is 24.3 Å². The van der Waals surface area contributed by atoms with Gasteiger partial charge < -0.3 is 14.4 Å². The predicted octanol–water partition coefficient (Wildman–Crippen LogP) is 2.00. The van der Waals surface area contributed by atoms with Crippen LogP contribution >= 0.6 is 0 Å². The van der Waals surface area contributed by atoms with Crippen molar-refractivity contribution in [3.05, 3.63) is 59.4 Å². The summed E-state index contributed by atoms with van der Waals surface area (Å²) in [5.74, 6) is -1.12. The van der Waals surface area contributed by atoms with E-state index in [1.54, 1.807) is 6.07 Å². The Bertz CT molecular complexity index is 1070. The first-order chi connectivity index (χ1) is 14.9. The number of aromatic nitrogens is 4. The van der Waals surface area contributed by atoms with Crippen LogP contribution in [0.2, 0.25) is 0 Å². The summed E-state index contributed by atoms with van der Waals surface area (Å²) in [5.41, 5.74) is 2.46. The van der Waals surface area contributed by atoms with Gasteiger partial charge in [-0.2, -0.15) is 4.80 Å². The lowest BCUT2D eigenvalue weighted by atomic mass is 10.1. The molecule has 0 N–H and O–H groups in total. The average Bonchev–Trinajstić information content (AvgIpc) is 3.21. The summed E-state index contributed by atoms with van der Waals surface area (Å²) in [5, 5.41) is 11.9. The third-order valence-electron chi connectivity index (χ3n) is 4.45. The monoisotopic (exact) mass is 427 g/mol. The van der Waals surface area contributed by atoms with E-state index in [1.165, 1.54) is 31.2 Å². The Balaban J connectivity index is 1.48. The van der Waals surface area contributed by atoms with Gasteiger partial charge in [0.2, 0.25) is 5.82 Å². The van der Waals surface area contributed by atoms with Crippen molar-refractivity contribution in [1.29, 1.82) is 0 Å². The molecule has 3 rings (SSSR count). The van der Waals surface area contributed by atoms with Crippen LogP contribution in [0.5, 0.6) is 5.75 Å². The molecule has 3 aromatic rings. The van der Waals surface area contributed by atoms with Crippen LogP contribution in [-0.2, 0) is 27.4 Å². The second-order valence-corrected chi connectivity index (χ2v) is 6.89. The van der Waals surface area contributed by atoms with Crippen molar-refractivity contribution in [1.82, 2.24) is 25.1 Å². The number of rotatable bonds is 8. The number of amides is 1. The zero-order valence-corrected chi connectivity index (χ0v) is 17.4. The minimum absolute atomic E-state index is 0.124. The van der Waals surface area contributed by atoms with Crippen LogP contribution in [0.1, 0.15) is 11.1 Å². The number of likely N-dealkylation sites (N-methyl/N-ethyl adjacent to an activating group) is 1. The van der Waals surface area contributed by atoms with E-state index in [0.29, 0.717) is 11.4 Å². The number of hydrogen-bond donors (Lipinski definition) is 0. The van der Waals surface area contributed by atoms with Crippen molar-refractivity contribution in [3.8, 4) is 17.1 Å². The molecule has 0 aliphatic rings. The van der Waals surface area contributed by atoms with Gasteiger partial charge >= 0.3 is 5.97 Å². The van der Waals surface area contributed by atoms with Gasteiger partial charge in [0.1, 0.15) is 0 Å². The van der Waals surface area contributed by atoms with Crippen LogP contribution in [0.25, 0.3) is 11.4 Å². The number of nitrogens with zero attached hydrogens (tertiary/aromatic N) is 5. The number of aryl methyl sites for hydroxylation is 1. The molecule has 2 aromatic carbocycles. The van der Waals surface area contributed by atoms with Crippen LogP contribution < -0.4 is 4.74 Å². The molecule has 0 atom stereocenters. The van der Waals surface area contributed by atoms with Gasteiger partial charge in [-0.25, -0.2) is 9.18 Å². The third-order valence-corrected chi connectivity index (χ3v) is 4.45. The smallest absolute Gasteiger partial charge is 0.330 e. The van der Waals surface area contributed by atoms with Crippen LogP contribution in [0.3, 0.4) is 0 Å².